The van der Waals surface area contributed by atoms with Gasteiger partial charge in [0.15, 0.2) is 11.5 Å². The van der Waals surface area contributed by atoms with Crippen LogP contribution in [0.1, 0.15) is 5.56 Å². The Morgan fingerprint density at radius 1 is 1.11 bits per heavy atom. The maximum atomic E-state index is 5.51. The summed E-state index contributed by atoms with van der Waals surface area (Å²) < 4.78 is 10.3. The number of aryl methyl sites for hydroxylation is 1. The number of hydrogen-bond donors (Lipinski definition) is 0. The minimum Gasteiger partial charge on any atom is -0.378 e. The molecular formula is C20H19IN6O. The van der Waals surface area contributed by atoms with E-state index in [1.165, 1.54) is 5.56 Å². The minimum atomic E-state index is 0.719. The predicted molar refractivity (Wildman–Crippen MR) is 116 cm³/mol. The molecule has 4 heterocycles. The number of halogens is 1. The molecule has 142 valence electrons. The van der Waals surface area contributed by atoms with E-state index in [-0.39, 0.29) is 0 Å². The molecule has 0 spiro atoms. The third-order valence-corrected chi connectivity index (χ3v) is 5.63. The van der Waals surface area contributed by atoms with Crippen LogP contribution in [0.25, 0.3) is 22.7 Å². The largest absolute Gasteiger partial charge is 0.378 e. The molecule has 4 aromatic rings. The summed E-state index contributed by atoms with van der Waals surface area (Å²) in [5, 5.41) is 9.30. The zero-order chi connectivity index (χ0) is 19.1. The first-order valence-corrected chi connectivity index (χ1v) is 10.3. The van der Waals surface area contributed by atoms with Crippen LogP contribution >= 0.6 is 22.6 Å². The summed E-state index contributed by atoms with van der Waals surface area (Å²) in [6, 6.07) is 12.4. The van der Waals surface area contributed by atoms with E-state index in [9.17, 15) is 0 Å². The summed E-state index contributed by atoms with van der Waals surface area (Å²) in [7, 11) is 0. The molecule has 1 aliphatic heterocycles. The maximum Gasteiger partial charge on any atom is 0.173 e. The summed E-state index contributed by atoms with van der Waals surface area (Å²) in [6.45, 7) is 5.20. The Morgan fingerprint density at radius 2 is 1.96 bits per heavy atom. The first-order valence-electron chi connectivity index (χ1n) is 9.19. The third kappa shape index (κ3) is 3.16. The molecule has 0 unspecified atom stereocenters. The molecule has 0 N–H and O–H groups in total. The molecular weight excluding hydrogens is 467 g/mol. The van der Waals surface area contributed by atoms with Gasteiger partial charge in [0, 0.05) is 30.9 Å². The van der Waals surface area contributed by atoms with Crippen LogP contribution in [0.4, 0.5) is 5.82 Å². The molecule has 5 rings (SSSR count). The van der Waals surface area contributed by atoms with Crippen LogP contribution in [0.15, 0.2) is 48.8 Å². The Hall–Kier alpha value is -2.46. The van der Waals surface area contributed by atoms with Crippen molar-refractivity contribution in [1.29, 1.82) is 0 Å². The van der Waals surface area contributed by atoms with Gasteiger partial charge in [-0.05, 0) is 41.6 Å². The highest BCUT2D eigenvalue weighted by Crippen LogP contribution is 2.24. The van der Waals surface area contributed by atoms with Gasteiger partial charge in [-0.1, -0.05) is 23.8 Å². The fourth-order valence-corrected chi connectivity index (χ4v) is 3.93. The lowest BCUT2D eigenvalue weighted by molar-refractivity contribution is 0.122. The smallest absolute Gasteiger partial charge is 0.173 e. The van der Waals surface area contributed by atoms with Crippen LogP contribution in [-0.2, 0) is 4.74 Å². The first kappa shape index (κ1) is 17.6. The number of nitrogens with zero attached hydrogens (tertiary/aromatic N) is 6. The van der Waals surface area contributed by atoms with Crippen molar-refractivity contribution in [3.8, 4) is 17.1 Å². The molecule has 1 saturated heterocycles. The maximum absolute atomic E-state index is 5.51. The van der Waals surface area contributed by atoms with E-state index >= 15 is 0 Å². The van der Waals surface area contributed by atoms with E-state index in [0.717, 1.165) is 58.4 Å². The van der Waals surface area contributed by atoms with Gasteiger partial charge in [0.2, 0.25) is 0 Å². The second kappa shape index (κ2) is 7.17. The molecule has 1 fully saturated rings. The van der Waals surface area contributed by atoms with Gasteiger partial charge in [0.1, 0.15) is 5.82 Å². The van der Waals surface area contributed by atoms with Gasteiger partial charge in [-0.2, -0.15) is 14.7 Å². The predicted octanol–water partition coefficient (Wildman–Crippen LogP) is 3.33. The van der Waals surface area contributed by atoms with Crippen LogP contribution in [0, 0.1) is 10.5 Å². The van der Waals surface area contributed by atoms with Crippen molar-refractivity contribution in [2.45, 2.75) is 6.92 Å². The van der Waals surface area contributed by atoms with Gasteiger partial charge >= 0.3 is 0 Å². The van der Waals surface area contributed by atoms with Gasteiger partial charge in [0.25, 0.3) is 0 Å². The number of anilines is 1. The van der Waals surface area contributed by atoms with Crippen LogP contribution in [0.3, 0.4) is 0 Å². The first-order chi connectivity index (χ1) is 13.7. The number of ether oxygens (including phenoxy) is 1. The van der Waals surface area contributed by atoms with Gasteiger partial charge in [-0.15, -0.1) is 0 Å². The standard InChI is InChI=1S/C20H19IN6O/c1-14-3-2-4-15(11-14)17-5-6-26(24-17)18-12-19(25-7-9-28-10-8-25)27-20(23-18)16(21)13-22-27/h2-6,11-13H,7-10H2,1H3. The number of fused-ring (bicyclic) bond motifs is 1. The molecule has 0 radical (unpaired) electrons. The van der Waals surface area contributed by atoms with Crippen molar-refractivity contribution < 1.29 is 4.74 Å². The topological polar surface area (TPSA) is 60.5 Å². The summed E-state index contributed by atoms with van der Waals surface area (Å²) in [5.41, 5.74) is 4.09. The molecule has 28 heavy (non-hydrogen) atoms. The quantitative estimate of drug-likeness (QED) is 0.416. The van der Waals surface area contributed by atoms with E-state index in [1.54, 1.807) is 0 Å². The van der Waals surface area contributed by atoms with Crippen LogP contribution in [-0.4, -0.2) is 50.7 Å². The van der Waals surface area contributed by atoms with Crippen molar-refractivity contribution >= 4 is 34.1 Å². The average molecular weight is 486 g/mol. The Morgan fingerprint density at radius 3 is 2.79 bits per heavy atom. The summed E-state index contributed by atoms with van der Waals surface area (Å²) in [6.07, 6.45) is 3.81. The van der Waals surface area contributed by atoms with E-state index in [1.807, 2.05) is 27.7 Å². The number of hydrogen-bond acceptors (Lipinski definition) is 5. The zero-order valence-corrected chi connectivity index (χ0v) is 17.6. The normalized spacial score (nSPS) is 14.7. The van der Waals surface area contributed by atoms with Gasteiger partial charge in [0.05, 0.1) is 28.7 Å². The lowest BCUT2D eigenvalue weighted by atomic mass is 10.1. The summed E-state index contributed by atoms with van der Waals surface area (Å²) >= 11 is 2.28. The van der Waals surface area contributed by atoms with Crippen molar-refractivity contribution in [3.05, 3.63) is 57.9 Å². The van der Waals surface area contributed by atoms with Crippen molar-refractivity contribution in [3.63, 3.8) is 0 Å². The lowest BCUT2D eigenvalue weighted by Crippen LogP contribution is -2.37. The molecule has 0 amide bonds. The fourth-order valence-electron chi connectivity index (χ4n) is 3.45. The summed E-state index contributed by atoms with van der Waals surface area (Å²) in [5.74, 6) is 1.80. The molecule has 8 heteroatoms. The molecule has 0 atom stereocenters. The van der Waals surface area contributed by atoms with Crippen molar-refractivity contribution in [2.24, 2.45) is 0 Å². The minimum absolute atomic E-state index is 0.719. The highest BCUT2D eigenvalue weighted by Gasteiger charge is 2.19. The second-order valence-corrected chi connectivity index (χ2v) is 7.98. The third-order valence-electron chi connectivity index (χ3n) is 4.87. The fraction of sp³-hybridized carbons (Fsp3) is 0.250. The zero-order valence-electron chi connectivity index (χ0n) is 15.4. The Bertz CT molecular complexity index is 1140. The Kier molecular flexibility index (Phi) is 4.52. The molecule has 7 nitrogen and oxygen atoms in total. The number of rotatable bonds is 3. The van der Waals surface area contributed by atoms with Gasteiger partial charge in [-0.3, -0.25) is 0 Å². The molecule has 1 aliphatic rings. The second-order valence-electron chi connectivity index (χ2n) is 6.81. The molecule has 0 bridgehead atoms. The lowest BCUT2D eigenvalue weighted by Gasteiger charge is -2.29. The van der Waals surface area contributed by atoms with E-state index in [4.69, 9.17) is 14.8 Å². The number of benzene rings is 1. The molecule has 0 aliphatic carbocycles. The van der Waals surface area contributed by atoms with E-state index in [2.05, 4.69) is 69.8 Å². The van der Waals surface area contributed by atoms with Crippen molar-refractivity contribution in [1.82, 2.24) is 24.4 Å². The summed E-state index contributed by atoms with van der Waals surface area (Å²) in [4.78, 5) is 7.11. The van der Waals surface area contributed by atoms with E-state index < -0.39 is 0 Å². The van der Waals surface area contributed by atoms with Crippen LogP contribution < -0.4 is 4.90 Å². The van der Waals surface area contributed by atoms with Gasteiger partial charge < -0.3 is 9.64 Å². The van der Waals surface area contributed by atoms with E-state index in [0.29, 0.717) is 0 Å². The average Bonchev–Trinajstić information content (AvgIpc) is 3.36. The SMILES string of the molecule is Cc1cccc(-c2ccn(-c3cc(N4CCOCC4)n4ncc(I)c4n3)n2)c1. The van der Waals surface area contributed by atoms with Crippen LogP contribution in [0.5, 0.6) is 0 Å². The van der Waals surface area contributed by atoms with Crippen molar-refractivity contribution in [2.75, 3.05) is 31.2 Å². The monoisotopic (exact) mass is 486 g/mol. The Balaban J connectivity index is 1.60. The van der Waals surface area contributed by atoms with Gasteiger partial charge in [-0.25, -0.2) is 9.67 Å². The highest BCUT2D eigenvalue weighted by atomic mass is 127. The van der Waals surface area contributed by atoms with Crippen LogP contribution in [0.2, 0.25) is 0 Å². The number of morpholine rings is 1. The highest BCUT2D eigenvalue weighted by molar-refractivity contribution is 14.1. The number of aromatic nitrogens is 5. The molecule has 3 aromatic heterocycles. The molecule has 1 aromatic carbocycles. The Labute approximate surface area is 176 Å². The molecule has 0 saturated carbocycles.